The van der Waals surface area contributed by atoms with Crippen LogP contribution in [0.4, 0.5) is 0 Å². The molecule has 0 aliphatic heterocycles. The first-order chi connectivity index (χ1) is 7.40. The molecule has 0 radical (unpaired) electrons. The second kappa shape index (κ2) is 5.14. The van der Waals surface area contributed by atoms with Gasteiger partial charge in [0.05, 0.1) is 12.3 Å². The second-order valence-electron chi connectivity index (χ2n) is 3.53. The average molecular weight is 221 g/mol. The highest BCUT2D eigenvalue weighted by molar-refractivity contribution is 7.07. The topological polar surface area (TPSA) is 25.2 Å². The molecule has 2 aromatic rings. The van der Waals surface area contributed by atoms with E-state index in [9.17, 15) is 0 Å². The summed E-state index contributed by atoms with van der Waals surface area (Å²) in [7, 11) is 1.97. The first-order valence-corrected chi connectivity index (χ1v) is 6.06. The van der Waals surface area contributed by atoms with Crippen LogP contribution in [0, 0.1) is 0 Å². The Hall–Kier alpha value is -1.06. The number of aryl methyl sites for hydroxylation is 1. The SMILES string of the molecule is CNC(CCc1ccsc1)c1ccco1. The molecule has 2 rings (SSSR count). The van der Waals surface area contributed by atoms with Gasteiger partial charge in [0.2, 0.25) is 0 Å². The molecule has 0 saturated heterocycles. The van der Waals surface area contributed by atoms with E-state index in [1.807, 2.05) is 19.2 Å². The van der Waals surface area contributed by atoms with Crippen LogP contribution in [-0.2, 0) is 6.42 Å². The zero-order valence-corrected chi connectivity index (χ0v) is 9.59. The van der Waals surface area contributed by atoms with Gasteiger partial charge in [0.15, 0.2) is 0 Å². The molecule has 2 nitrogen and oxygen atoms in total. The first kappa shape index (κ1) is 10.5. The van der Waals surface area contributed by atoms with Crippen LogP contribution < -0.4 is 5.32 Å². The van der Waals surface area contributed by atoms with Gasteiger partial charge in [0, 0.05) is 0 Å². The number of furan rings is 1. The van der Waals surface area contributed by atoms with Gasteiger partial charge in [0.25, 0.3) is 0 Å². The number of rotatable bonds is 5. The summed E-state index contributed by atoms with van der Waals surface area (Å²) < 4.78 is 5.40. The van der Waals surface area contributed by atoms with E-state index in [-0.39, 0.29) is 0 Å². The lowest BCUT2D eigenvalue weighted by Crippen LogP contribution is -2.16. The van der Waals surface area contributed by atoms with E-state index >= 15 is 0 Å². The third kappa shape index (κ3) is 2.70. The Morgan fingerprint density at radius 3 is 3.00 bits per heavy atom. The maximum atomic E-state index is 5.40. The van der Waals surface area contributed by atoms with Crippen molar-refractivity contribution in [3.63, 3.8) is 0 Å². The van der Waals surface area contributed by atoms with Gasteiger partial charge in [0.1, 0.15) is 5.76 Å². The summed E-state index contributed by atoms with van der Waals surface area (Å²) in [5.74, 6) is 1.02. The minimum absolute atomic E-state index is 0.319. The second-order valence-corrected chi connectivity index (χ2v) is 4.31. The fourth-order valence-electron chi connectivity index (χ4n) is 1.66. The van der Waals surface area contributed by atoms with E-state index in [2.05, 4.69) is 22.1 Å². The molecule has 80 valence electrons. The third-order valence-electron chi connectivity index (χ3n) is 2.54. The van der Waals surface area contributed by atoms with E-state index in [1.54, 1.807) is 17.6 Å². The summed E-state index contributed by atoms with van der Waals surface area (Å²) in [6.45, 7) is 0. The van der Waals surface area contributed by atoms with Crippen LogP contribution in [0.1, 0.15) is 23.8 Å². The van der Waals surface area contributed by atoms with Gasteiger partial charge < -0.3 is 9.73 Å². The van der Waals surface area contributed by atoms with Crippen LogP contribution in [0.2, 0.25) is 0 Å². The third-order valence-corrected chi connectivity index (χ3v) is 3.27. The van der Waals surface area contributed by atoms with Gasteiger partial charge in [-0.3, -0.25) is 0 Å². The molecule has 0 saturated carbocycles. The Balaban J connectivity index is 1.92. The van der Waals surface area contributed by atoms with Crippen LogP contribution in [0.5, 0.6) is 0 Å². The van der Waals surface area contributed by atoms with Gasteiger partial charge in [-0.1, -0.05) is 0 Å². The Labute approximate surface area is 93.9 Å². The van der Waals surface area contributed by atoms with Crippen molar-refractivity contribution in [2.75, 3.05) is 7.05 Å². The molecule has 0 bridgehead atoms. The standard InChI is InChI=1S/C12H15NOS/c1-13-11(12-3-2-7-14-12)5-4-10-6-8-15-9-10/h2-3,6-9,11,13H,4-5H2,1H3. The Kier molecular flexibility index (Phi) is 3.59. The van der Waals surface area contributed by atoms with Crippen molar-refractivity contribution in [3.05, 3.63) is 46.5 Å². The van der Waals surface area contributed by atoms with Crippen molar-refractivity contribution in [3.8, 4) is 0 Å². The van der Waals surface area contributed by atoms with Gasteiger partial charge in [-0.2, -0.15) is 11.3 Å². The van der Waals surface area contributed by atoms with E-state index in [0.29, 0.717) is 6.04 Å². The zero-order valence-electron chi connectivity index (χ0n) is 8.77. The minimum Gasteiger partial charge on any atom is -0.468 e. The highest BCUT2D eigenvalue weighted by Gasteiger charge is 2.11. The smallest absolute Gasteiger partial charge is 0.120 e. The predicted octanol–water partition coefficient (Wildman–Crippen LogP) is 3.23. The molecule has 2 heterocycles. The predicted molar refractivity (Wildman–Crippen MR) is 63.1 cm³/mol. The van der Waals surface area contributed by atoms with Crippen molar-refractivity contribution in [2.45, 2.75) is 18.9 Å². The Morgan fingerprint density at radius 2 is 2.40 bits per heavy atom. The normalized spacial score (nSPS) is 12.9. The fraction of sp³-hybridized carbons (Fsp3) is 0.333. The molecule has 0 aliphatic carbocycles. The minimum atomic E-state index is 0.319. The molecule has 0 aliphatic rings. The molecule has 2 aromatic heterocycles. The van der Waals surface area contributed by atoms with Crippen molar-refractivity contribution < 1.29 is 4.42 Å². The zero-order chi connectivity index (χ0) is 10.5. The molecule has 1 N–H and O–H groups in total. The highest BCUT2D eigenvalue weighted by atomic mass is 32.1. The van der Waals surface area contributed by atoms with Crippen molar-refractivity contribution >= 4 is 11.3 Å². The number of nitrogens with one attached hydrogen (secondary N) is 1. The van der Waals surface area contributed by atoms with Crippen LogP contribution in [0.25, 0.3) is 0 Å². The van der Waals surface area contributed by atoms with Gasteiger partial charge >= 0.3 is 0 Å². The summed E-state index contributed by atoms with van der Waals surface area (Å²) in [5, 5.41) is 7.60. The molecule has 1 unspecified atom stereocenters. The van der Waals surface area contributed by atoms with E-state index in [1.165, 1.54) is 5.56 Å². The summed E-state index contributed by atoms with van der Waals surface area (Å²) in [6.07, 6.45) is 3.89. The highest BCUT2D eigenvalue weighted by Crippen LogP contribution is 2.20. The average Bonchev–Trinajstić information content (AvgIpc) is 2.90. The van der Waals surface area contributed by atoms with E-state index < -0.39 is 0 Å². The summed E-state index contributed by atoms with van der Waals surface area (Å²) in [5.41, 5.74) is 1.41. The summed E-state index contributed by atoms with van der Waals surface area (Å²) in [6, 6.07) is 6.46. The molecule has 0 aromatic carbocycles. The van der Waals surface area contributed by atoms with Crippen LogP contribution >= 0.6 is 11.3 Å². The lowest BCUT2D eigenvalue weighted by Gasteiger charge is -2.12. The molecular formula is C12H15NOS. The molecule has 1 atom stereocenters. The molecule has 0 amide bonds. The van der Waals surface area contributed by atoms with Crippen molar-refractivity contribution in [1.29, 1.82) is 0 Å². The van der Waals surface area contributed by atoms with Crippen LogP contribution in [0.15, 0.2) is 39.6 Å². The quantitative estimate of drug-likeness (QED) is 0.838. The maximum absolute atomic E-state index is 5.40. The molecule has 15 heavy (non-hydrogen) atoms. The largest absolute Gasteiger partial charge is 0.468 e. The van der Waals surface area contributed by atoms with Gasteiger partial charge in [-0.15, -0.1) is 0 Å². The number of thiophene rings is 1. The van der Waals surface area contributed by atoms with Crippen LogP contribution in [-0.4, -0.2) is 7.05 Å². The molecular weight excluding hydrogens is 206 g/mol. The van der Waals surface area contributed by atoms with Gasteiger partial charge in [-0.05, 0) is 54.4 Å². The molecule has 0 spiro atoms. The van der Waals surface area contributed by atoms with Gasteiger partial charge in [-0.25, -0.2) is 0 Å². The molecule has 0 fully saturated rings. The summed E-state index contributed by atoms with van der Waals surface area (Å²) >= 11 is 1.75. The fourth-order valence-corrected chi connectivity index (χ4v) is 2.37. The first-order valence-electron chi connectivity index (χ1n) is 5.12. The van der Waals surface area contributed by atoms with Crippen molar-refractivity contribution in [1.82, 2.24) is 5.32 Å². The lowest BCUT2D eigenvalue weighted by atomic mass is 10.1. The van der Waals surface area contributed by atoms with E-state index in [0.717, 1.165) is 18.6 Å². The Morgan fingerprint density at radius 1 is 1.47 bits per heavy atom. The van der Waals surface area contributed by atoms with E-state index in [4.69, 9.17) is 4.42 Å². The maximum Gasteiger partial charge on any atom is 0.120 e. The molecule has 3 heteroatoms. The monoisotopic (exact) mass is 221 g/mol. The Bertz CT molecular complexity index is 366. The number of hydrogen-bond donors (Lipinski definition) is 1. The lowest BCUT2D eigenvalue weighted by molar-refractivity contribution is 0.415. The number of hydrogen-bond acceptors (Lipinski definition) is 3. The van der Waals surface area contributed by atoms with Crippen LogP contribution in [0.3, 0.4) is 0 Å². The van der Waals surface area contributed by atoms with Crippen molar-refractivity contribution in [2.24, 2.45) is 0 Å². The summed E-state index contributed by atoms with van der Waals surface area (Å²) in [4.78, 5) is 0.